The molecule has 1 N–H and O–H groups in total. The molecule has 0 saturated carbocycles. The van der Waals surface area contributed by atoms with E-state index in [9.17, 15) is 9.00 Å². The average molecular weight is 368 g/mol. The molecular formula is C17H15Cl2NO2S. The minimum Gasteiger partial charge on any atom is -0.325 e. The second kappa shape index (κ2) is 7.04. The SMILES string of the molecule is O=C(CS(=O)C1CCc2c(Cl)cc(Cl)cc21)Nc1ccccc1. The predicted octanol–water partition coefficient (Wildman–Crippen LogP) is 4.37. The minimum atomic E-state index is -1.31. The van der Waals surface area contributed by atoms with Crippen LogP contribution in [0.2, 0.25) is 10.0 Å². The molecule has 3 nitrogen and oxygen atoms in total. The van der Waals surface area contributed by atoms with Crippen LogP contribution in [0.3, 0.4) is 0 Å². The molecule has 3 rings (SSSR count). The largest absolute Gasteiger partial charge is 0.325 e. The lowest BCUT2D eigenvalue weighted by molar-refractivity contribution is -0.113. The molecule has 1 aliphatic rings. The highest BCUT2D eigenvalue weighted by atomic mass is 35.5. The lowest BCUT2D eigenvalue weighted by atomic mass is 10.1. The molecule has 0 fully saturated rings. The number of halogens is 2. The molecule has 0 heterocycles. The number of rotatable bonds is 4. The van der Waals surface area contributed by atoms with Crippen molar-refractivity contribution in [2.45, 2.75) is 18.1 Å². The molecule has 120 valence electrons. The molecule has 0 bridgehead atoms. The van der Waals surface area contributed by atoms with Gasteiger partial charge in [0.05, 0.1) is 5.25 Å². The number of benzene rings is 2. The van der Waals surface area contributed by atoms with Crippen molar-refractivity contribution < 1.29 is 9.00 Å². The minimum absolute atomic E-state index is 0.0386. The number of anilines is 1. The Morgan fingerprint density at radius 3 is 2.70 bits per heavy atom. The summed E-state index contributed by atoms with van der Waals surface area (Å²) in [7, 11) is -1.31. The van der Waals surface area contributed by atoms with E-state index in [1.54, 1.807) is 18.2 Å². The van der Waals surface area contributed by atoms with Gasteiger partial charge in [-0.2, -0.15) is 0 Å². The van der Waals surface area contributed by atoms with E-state index in [2.05, 4.69) is 5.32 Å². The van der Waals surface area contributed by atoms with Crippen LogP contribution in [-0.4, -0.2) is 15.9 Å². The van der Waals surface area contributed by atoms with Gasteiger partial charge >= 0.3 is 0 Å². The maximum Gasteiger partial charge on any atom is 0.237 e. The monoisotopic (exact) mass is 367 g/mol. The topological polar surface area (TPSA) is 46.2 Å². The van der Waals surface area contributed by atoms with Gasteiger partial charge in [0.25, 0.3) is 0 Å². The smallest absolute Gasteiger partial charge is 0.237 e. The molecule has 0 saturated heterocycles. The van der Waals surface area contributed by atoms with Crippen LogP contribution in [0, 0.1) is 0 Å². The van der Waals surface area contributed by atoms with Gasteiger partial charge in [-0.3, -0.25) is 9.00 Å². The van der Waals surface area contributed by atoms with Crippen molar-refractivity contribution in [1.29, 1.82) is 0 Å². The highest BCUT2D eigenvalue weighted by Crippen LogP contribution is 2.41. The number of amides is 1. The lowest BCUT2D eigenvalue weighted by Crippen LogP contribution is -2.22. The Kier molecular flexibility index (Phi) is 5.05. The summed E-state index contributed by atoms with van der Waals surface area (Å²) in [6.45, 7) is 0. The lowest BCUT2D eigenvalue weighted by Gasteiger charge is -2.12. The summed E-state index contributed by atoms with van der Waals surface area (Å²) in [4.78, 5) is 12.1. The van der Waals surface area contributed by atoms with Crippen molar-refractivity contribution in [3.8, 4) is 0 Å². The van der Waals surface area contributed by atoms with Crippen molar-refractivity contribution in [3.05, 3.63) is 63.6 Å². The molecule has 6 heteroatoms. The first-order valence-electron chi connectivity index (χ1n) is 7.24. The zero-order valence-electron chi connectivity index (χ0n) is 12.2. The van der Waals surface area contributed by atoms with E-state index < -0.39 is 10.8 Å². The van der Waals surface area contributed by atoms with Crippen molar-refractivity contribution in [2.75, 3.05) is 11.1 Å². The normalized spacial score (nSPS) is 17.6. The third kappa shape index (κ3) is 3.77. The molecule has 2 atom stereocenters. The fourth-order valence-corrected chi connectivity index (χ4v) is 4.84. The van der Waals surface area contributed by atoms with Crippen LogP contribution < -0.4 is 5.32 Å². The Bertz CT molecular complexity index is 765. The standard InChI is InChI=1S/C17H15Cl2NO2S/c18-11-8-14-13(15(19)9-11)6-7-16(14)23(22)10-17(21)20-12-4-2-1-3-5-12/h1-5,8-9,16H,6-7,10H2,(H,20,21). The van der Waals surface area contributed by atoms with Crippen molar-refractivity contribution in [2.24, 2.45) is 0 Å². The molecule has 2 aromatic carbocycles. The zero-order valence-corrected chi connectivity index (χ0v) is 14.5. The number of carbonyl (C=O) groups excluding carboxylic acids is 1. The summed E-state index contributed by atoms with van der Waals surface area (Å²) < 4.78 is 12.6. The summed E-state index contributed by atoms with van der Waals surface area (Å²) in [6.07, 6.45) is 1.49. The molecule has 1 aliphatic carbocycles. The number of hydrogen-bond acceptors (Lipinski definition) is 2. The molecule has 0 aromatic heterocycles. The van der Waals surface area contributed by atoms with Gasteiger partial charge in [-0.15, -0.1) is 0 Å². The Labute approximate surface area is 147 Å². The number of fused-ring (bicyclic) bond motifs is 1. The van der Waals surface area contributed by atoms with Gasteiger partial charge in [-0.05, 0) is 48.2 Å². The van der Waals surface area contributed by atoms with Crippen LogP contribution in [0.25, 0.3) is 0 Å². The zero-order chi connectivity index (χ0) is 16.4. The van der Waals surface area contributed by atoms with Gasteiger partial charge in [-0.1, -0.05) is 41.4 Å². The number of nitrogens with one attached hydrogen (secondary N) is 1. The first kappa shape index (κ1) is 16.5. The van der Waals surface area contributed by atoms with Crippen LogP contribution in [-0.2, 0) is 22.0 Å². The van der Waals surface area contributed by atoms with Crippen LogP contribution in [0.15, 0.2) is 42.5 Å². The molecule has 0 aliphatic heterocycles. The maximum absolute atomic E-state index is 12.6. The molecule has 1 amide bonds. The molecule has 0 radical (unpaired) electrons. The van der Waals surface area contributed by atoms with Gasteiger partial charge in [0.2, 0.25) is 5.91 Å². The van der Waals surface area contributed by atoms with E-state index in [0.29, 0.717) is 15.7 Å². The van der Waals surface area contributed by atoms with E-state index in [-0.39, 0.29) is 16.9 Å². The Morgan fingerprint density at radius 1 is 1.22 bits per heavy atom. The summed E-state index contributed by atoms with van der Waals surface area (Å²) in [5.74, 6) is -0.292. The van der Waals surface area contributed by atoms with Crippen LogP contribution in [0.1, 0.15) is 22.8 Å². The van der Waals surface area contributed by atoms with Crippen molar-refractivity contribution in [3.63, 3.8) is 0 Å². The molecule has 2 aromatic rings. The number of hydrogen-bond donors (Lipinski definition) is 1. The van der Waals surface area contributed by atoms with Gasteiger partial charge in [0.15, 0.2) is 0 Å². The summed E-state index contributed by atoms with van der Waals surface area (Å²) in [6, 6.07) is 12.7. The first-order valence-corrected chi connectivity index (χ1v) is 9.38. The Balaban J connectivity index is 1.70. The molecule has 23 heavy (non-hydrogen) atoms. The summed E-state index contributed by atoms with van der Waals surface area (Å²) >= 11 is 12.2. The summed E-state index contributed by atoms with van der Waals surface area (Å²) in [5.41, 5.74) is 2.61. The number of carbonyl (C=O) groups is 1. The fraction of sp³-hybridized carbons (Fsp3) is 0.235. The van der Waals surface area contributed by atoms with Crippen molar-refractivity contribution in [1.82, 2.24) is 0 Å². The molecule has 0 spiro atoms. The van der Waals surface area contributed by atoms with E-state index in [1.807, 2.05) is 24.3 Å². The van der Waals surface area contributed by atoms with Crippen LogP contribution >= 0.6 is 23.2 Å². The number of para-hydroxylation sites is 1. The van der Waals surface area contributed by atoms with E-state index >= 15 is 0 Å². The maximum atomic E-state index is 12.6. The van der Waals surface area contributed by atoms with Gasteiger partial charge < -0.3 is 5.32 Å². The van der Waals surface area contributed by atoms with Gasteiger partial charge in [-0.25, -0.2) is 0 Å². The van der Waals surface area contributed by atoms with E-state index in [0.717, 1.165) is 24.0 Å². The van der Waals surface area contributed by atoms with Crippen molar-refractivity contribution >= 4 is 45.6 Å². The molecular weight excluding hydrogens is 353 g/mol. The average Bonchev–Trinajstić information content (AvgIpc) is 2.92. The molecule has 2 unspecified atom stereocenters. The second-order valence-electron chi connectivity index (χ2n) is 5.42. The predicted molar refractivity (Wildman–Crippen MR) is 95.6 cm³/mol. The van der Waals surface area contributed by atoms with E-state index in [4.69, 9.17) is 23.2 Å². The summed E-state index contributed by atoms with van der Waals surface area (Å²) in [5, 5.41) is 3.71. The Hall–Kier alpha value is -1.36. The highest BCUT2D eigenvalue weighted by Gasteiger charge is 2.30. The van der Waals surface area contributed by atoms with Gasteiger partial charge in [0, 0.05) is 26.5 Å². The van der Waals surface area contributed by atoms with E-state index in [1.165, 1.54) is 0 Å². The van der Waals surface area contributed by atoms with Crippen LogP contribution in [0.4, 0.5) is 5.69 Å². The second-order valence-corrected chi connectivity index (χ2v) is 7.88. The Morgan fingerprint density at radius 2 is 1.96 bits per heavy atom. The van der Waals surface area contributed by atoms with Gasteiger partial charge in [0.1, 0.15) is 5.75 Å². The third-order valence-electron chi connectivity index (χ3n) is 3.85. The van der Waals surface area contributed by atoms with Crippen LogP contribution in [0.5, 0.6) is 0 Å². The third-order valence-corrected chi connectivity index (χ3v) is 6.07. The fourth-order valence-electron chi connectivity index (χ4n) is 2.83. The quantitative estimate of drug-likeness (QED) is 0.871. The highest BCUT2D eigenvalue weighted by molar-refractivity contribution is 7.86. The first-order chi connectivity index (χ1) is 11.0.